The molecule has 6 nitrogen and oxygen atoms in total. The Bertz CT molecular complexity index is 1210. The van der Waals surface area contributed by atoms with Gasteiger partial charge in [-0.25, -0.2) is 0 Å². The normalized spacial score (nSPS) is 11.9. The Morgan fingerprint density at radius 3 is 1.95 bits per heavy atom. The number of anilines is 2. The Kier molecular flexibility index (Phi) is 9.23. The molecule has 0 aromatic heterocycles. The molecule has 0 aliphatic heterocycles. The van der Waals surface area contributed by atoms with Crippen LogP contribution in [0.4, 0.5) is 11.4 Å². The van der Waals surface area contributed by atoms with E-state index in [9.17, 15) is 14.4 Å². The van der Waals surface area contributed by atoms with Gasteiger partial charge in [-0.1, -0.05) is 57.5 Å². The van der Waals surface area contributed by atoms with Gasteiger partial charge >= 0.3 is 0 Å². The number of rotatable bonds is 11. The van der Waals surface area contributed by atoms with Gasteiger partial charge in [-0.05, 0) is 79.3 Å². The number of nitrogens with one attached hydrogen (secondary N) is 2. The Morgan fingerprint density at radius 1 is 0.811 bits per heavy atom. The van der Waals surface area contributed by atoms with Gasteiger partial charge in [0.25, 0.3) is 5.91 Å². The number of amides is 2. The molecular formula is C31H36N2O4. The summed E-state index contributed by atoms with van der Waals surface area (Å²) in [6.45, 7) is 10.4. The van der Waals surface area contributed by atoms with Crippen molar-refractivity contribution in [2.45, 2.75) is 65.4 Å². The lowest BCUT2D eigenvalue weighted by Gasteiger charge is -2.24. The zero-order chi connectivity index (χ0) is 27.0. The number of aryl methyl sites for hydroxylation is 1. The molecule has 0 fully saturated rings. The van der Waals surface area contributed by atoms with E-state index in [1.165, 1.54) is 5.56 Å². The molecule has 0 bridgehead atoms. The molecule has 6 heteroatoms. The van der Waals surface area contributed by atoms with Crippen LogP contribution in [0, 0.1) is 6.92 Å². The molecule has 3 aromatic rings. The first-order valence-electron chi connectivity index (χ1n) is 12.7. The van der Waals surface area contributed by atoms with Gasteiger partial charge in [-0.2, -0.15) is 0 Å². The fraction of sp³-hybridized carbons (Fsp3) is 0.323. The molecule has 194 valence electrons. The van der Waals surface area contributed by atoms with Crippen molar-refractivity contribution in [3.05, 3.63) is 89.5 Å². The van der Waals surface area contributed by atoms with Crippen LogP contribution in [0.15, 0.2) is 72.8 Å². The summed E-state index contributed by atoms with van der Waals surface area (Å²) in [5.41, 5.74) is 3.99. The van der Waals surface area contributed by atoms with E-state index >= 15 is 0 Å². The maximum Gasteiger partial charge on any atom is 0.265 e. The van der Waals surface area contributed by atoms with Gasteiger partial charge in [0.05, 0.1) is 6.42 Å². The summed E-state index contributed by atoms with van der Waals surface area (Å²) in [4.78, 5) is 37.6. The van der Waals surface area contributed by atoms with E-state index in [0.717, 1.165) is 12.0 Å². The number of carbonyl (C=O) groups excluding carboxylic acids is 3. The van der Waals surface area contributed by atoms with E-state index in [4.69, 9.17) is 4.74 Å². The highest BCUT2D eigenvalue weighted by atomic mass is 16.5. The monoisotopic (exact) mass is 500 g/mol. The third-order valence-electron chi connectivity index (χ3n) is 6.59. The Morgan fingerprint density at radius 2 is 1.38 bits per heavy atom. The summed E-state index contributed by atoms with van der Waals surface area (Å²) in [5.74, 6) is -0.299. The van der Waals surface area contributed by atoms with E-state index < -0.39 is 6.10 Å². The summed E-state index contributed by atoms with van der Waals surface area (Å²) in [7, 11) is 0. The second-order valence-corrected chi connectivity index (χ2v) is 9.86. The van der Waals surface area contributed by atoms with Crippen LogP contribution in [-0.2, 0) is 15.0 Å². The smallest absolute Gasteiger partial charge is 0.265 e. The van der Waals surface area contributed by atoms with Crippen LogP contribution in [0.25, 0.3) is 0 Å². The lowest BCUT2D eigenvalue weighted by molar-refractivity contribution is -0.122. The molecule has 3 rings (SSSR count). The van der Waals surface area contributed by atoms with E-state index in [1.54, 1.807) is 36.4 Å². The molecule has 1 atom stereocenters. The molecule has 0 heterocycles. The quantitative estimate of drug-likeness (QED) is 0.227. The largest absolute Gasteiger partial charge is 0.481 e. The average Bonchev–Trinajstić information content (AvgIpc) is 2.89. The molecule has 0 aliphatic rings. The number of Topliss-reactive ketones (excluding diaryl/α,β-unsaturated/α-hetero) is 1. The average molecular weight is 501 g/mol. The van der Waals surface area contributed by atoms with Crippen LogP contribution in [0.1, 0.15) is 68.4 Å². The molecular weight excluding hydrogens is 464 g/mol. The third kappa shape index (κ3) is 7.78. The molecule has 37 heavy (non-hydrogen) atoms. The van der Waals surface area contributed by atoms with E-state index in [2.05, 4.69) is 31.4 Å². The number of ketones is 1. The van der Waals surface area contributed by atoms with Crippen molar-refractivity contribution in [2.75, 3.05) is 10.6 Å². The highest BCUT2D eigenvalue weighted by Crippen LogP contribution is 2.28. The Labute approximate surface area is 219 Å². The zero-order valence-corrected chi connectivity index (χ0v) is 22.3. The predicted molar refractivity (Wildman–Crippen MR) is 148 cm³/mol. The zero-order valence-electron chi connectivity index (χ0n) is 22.3. The van der Waals surface area contributed by atoms with Gasteiger partial charge in [-0.3, -0.25) is 14.4 Å². The number of ether oxygens (including phenoxy) is 1. The molecule has 2 N–H and O–H groups in total. The maximum absolute atomic E-state index is 12.8. The SMILES string of the molecule is CCC(Oc1ccc(C(C)(C)CC)cc1)C(=O)Nc1ccc(C(=O)CC(=O)Nc2ccc(C)cc2)cc1. The van der Waals surface area contributed by atoms with Crippen LogP contribution in [-0.4, -0.2) is 23.7 Å². The summed E-state index contributed by atoms with van der Waals surface area (Å²) < 4.78 is 5.95. The van der Waals surface area contributed by atoms with Gasteiger partial charge in [0, 0.05) is 16.9 Å². The Hall–Kier alpha value is -3.93. The van der Waals surface area contributed by atoms with Crippen molar-refractivity contribution in [3.63, 3.8) is 0 Å². The highest BCUT2D eigenvalue weighted by molar-refractivity contribution is 6.11. The molecule has 0 aliphatic carbocycles. The lowest BCUT2D eigenvalue weighted by atomic mass is 9.82. The first-order chi connectivity index (χ1) is 17.6. The highest BCUT2D eigenvalue weighted by Gasteiger charge is 2.21. The fourth-order valence-corrected chi connectivity index (χ4v) is 3.73. The van der Waals surface area contributed by atoms with Crippen LogP contribution < -0.4 is 15.4 Å². The van der Waals surface area contributed by atoms with Gasteiger partial charge in [0.15, 0.2) is 11.9 Å². The Balaban J connectivity index is 1.54. The number of hydrogen-bond acceptors (Lipinski definition) is 4. The lowest BCUT2D eigenvalue weighted by Crippen LogP contribution is -2.32. The van der Waals surface area contributed by atoms with Gasteiger partial charge < -0.3 is 15.4 Å². The minimum absolute atomic E-state index is 0.0818. The van der Waals surface area contributed by atoms with Gasteiger partial charge in [0.1, 0.15) is 5.75 Å². The summed E-state index contributed by atoms with van der Waals surface area (Å²) in [5, 5.41) is 5.58. The van der Waals surface area contributed by atoms with Gasteiger partial charge in [0.2, 0.25) is 5.91 Å². The summed E-state index contributed by atoms with van der Waals surface area (Å²) in [6.07, 6.45) is 0.607. The third-order valence-corrected chi connectivity index (χ3v) is 6.59. The second-order valence-electron chi connectivity index (χ2n) is 9.86. The van der Waals surface area contributed by atoms with Crippen molar-refractivity contribution >= 4 is 29.0 Å². The van der Waals surface area contributed by atoms with E-state index in [1.807, 2.05) is 50.2 Å². The first-order valence-corrected chi connectivity index (χ1v) is 12.7. The number of hydrogen-bond donors (Lipinski definition) is 2. The molecule has 0 spiro atoms. The van der Waals surface area contributed by atoms with Crippen LogP contribution in [0.3, 0.4) is 0 Å². The molecule has 2 amide bonds. The van der Waals surface area contributed by atoms with Crippen molar-refractivity contribution in [1.29, 1.82) is 0 Å². The van der Waals surface area contributed by atoms with Gasteiger partial charge in [-0.15, -0.1) is 0 Å². The summed E-state index contributed by atoms with van der Waals surface area (Å²) in [6, 6.07) is 21.8. The topological polar surface area (TPSA) is 84.5 Å². The minimum Gasteiger partial charge on any atom is -0.481 e. The maximum atomic E-state index is 12.8. The van der Waals surface area contributed by atoms with Crippen LogP contribution in [0.5, 0.6) is 5.75 Å². The van der Waals surface area contributed by atoms with E-state index in [-0.39, 0.29) is 29.4 Å². The minimum atomic E-state index is -0.656. The van der Waals surface area contributed by atoms with Crippen molar-refractivity contribution in [2.24, 2.45) is 0 Å². The molecule has 3 aromatic carbocycles. The standard InChI is InChI=1S/C31H36N2O4/c1-6-28(37-26-18-12-23(13-19-26)31(4,5)7-2)30(36)33-25-16-10-22(11-17-25)27(34)20-29(35)32-24-14-8-21(3)9-15-24/h8-19,28H,6-7,20H2,1-5H3,(H,32,35)(H,33,36). The molecule has 1 unspecified atom stereocenters. The van der Waals surface area contributed by atoms with Crippen molar-refractivity contribution in [1.82, 2.24) is 0 Å². The molecule has 0 radical (unpaired) electrons. The van der Waals surface area contributed by atoms with Crippen molar-refractivity contribution in [3.8, 4) is 5.75 Å². The number of carbonyl (C=O) groups is 3. The molecule has 0 saturated heterocycles. The van der Waals surface area contributed by atoms with Crippen LogP contribution >= 0.6 is 0 Å². The summed E-state index contributed by atoms with van der Waals surface area (Å²) >= 11 is 0. The van der Waals surface area contributed by atoms with E-state index in [0.29, 0.717) is 29.1 Å². The fourth-order valence-electron chi connectivity index (χ4n) is 3.73. The predicted octanol–water partition coefficient (Wildman–Crippen LogP) is 6.69. The second kappa shape index (κ2) is 12.3. The number of benzene rings is 3. The van der Waals surface area contributed by atoms with Crippen molar-refractivity contribution < 1.29 is 19.1 Å². The first kappa shape index (κ1) is 27.7. The van der Waals surface area contributed by atoms with Crippen LogP contribution in [0.2, 0.25) is 0 Å². The molecule has 0 saturated carbocycles.